The molecule has 7 heteroatoms. The van der Waals surface area contributed by atoms with E-state index in [9.17, 15) is 5.11 Å². The minimum Gasteiger partial charge on any atom is -0.396 e. The van der Waals surface area contributed by atoms with Crippen LogP contribution in [-0.2, 0) is 0 Å². The van der Waals surface area contributed by atoms with E-state index < -0.39 is 5.79 Å². The number of aromatic nitrogens is 3. The molecule has 1 aliphatic rings. The maximum atomic E-state index is 9.37. The van der Waals surface area contributed by atoms with Crippen LogP contribution >= 0.6 is 11.3 Å². The van der Waals surface area contributed by atoms with Crippen LogP contribution in [0.4, 0.5) is 0 Å². The number of hydrogen-bond acceptors (Lipinski definition) is 6. The number of nitrogens with zero attached hydrogens (tertiary/aromatic N) is 3. The van der Waals surface area contributed by atoms with Gasteiger partial charge in [-0.2, -0.15) is 0 Å². The molecule has 0 unspecified atom stereocenters. The maximum Gasteiger partial charge on any atom is 0.156 e. The van der Waals surface area contributed by atoms with E-state index >= 15 is 0 Å². The van der Waals surface area contributed by atoms with Crippen LogP contribution in [0.25, 0.3) is 21.5 Å². The average Bonchev–Trinajstić information content (AvgIpc) is 3.31. The van der Waals surface area contributed by atoms with Crippen molar-refractivity contribution in [2.45, 2.75) is 44.9 Å². The van der Waals surface area contributed by atoms with Crippen LogP contribution in [0.5, 0.6) is 0 Å². The van der Waals surface area contributed by atoms with Crippen molar-refractivity contribution in [2.24, 2.45) is 5.92 Å². The zero-order valence-electron chi connectivity index (χ0n) is 15.0. The molecule has 0 amide bonds. The Kier molecular flexibility index (Phi) is 5.72. The summed E-state index contributed by atoms with van der Waals surface area (Å²) in [5.74, 6) is -1.07. The van der Waals surface area contributed by atoms with Gasteiger partial charge in [-0.25, -0.2) is 9.97 Å². The first kappa shape index (κ1) is 19.0. The molecule has 1 aliphatic carbocycles. The Balaban J connectivity index is 0.000000349. The van der Waals surface area contributed by atoms with Crippen molar-refractivity contribution in [2.75, 3.05) is 6.61 Å². The van der Waals surface area contributed by atoms with Gasteiger partial charge in [-0.05, 0) is 50.5 Å². The largest absolute Gasteiger partial charge is 0.396 e. The third-order valence-corrected chi connectivity index (χ3v) is 5.35. The van der Waals surface area contributed by atoms with Crippen LogP contribution < -0.4 is 0 Å². The van der Waals surface area contributed by atoms with Crippen LogP contribution in [0.2, 0.25) is 0 Å². The molecule has 3 aromatic heterocycles. The Labute approximate surface area is 156 Å². The topological polar surface area (TPSA) is 91.4 Å². The summed E-state index contributed by atoms with van der Waals surface area (Å²) in [6.07, 6.45) is 8.99. The van der Waals surface area contributed by atoms with Crippen molar-refractivity contribution in [3.63, 3.8) is 0 Å². The normalized spacial score (nSPS) is 20.2. The van der Waals surface area contributed by atoms with Gasteiger partial charge >= 0.3 is 0 Å². The lowest BCUT2D eigenvalue weighted by atomic mass is 10.1. The minimum atomic E-state index is -1.50. The third kappa shape index (κ3) is 4.48. The molecule has 3 aromatic rings. The zero-order valence-corrected chi connectivity index (χ0v) is 15.9. The minimum absolute atomic E-state index is 0.294. The lowest BCUT2D eigenvalue weighted by molar-refractivity contribution is -0.127. The number of fused-ring (bicyclic) bond motifs is 1. The van der Waals surface area contributed by atoms with Crippen molar-refractivity contribution in [3.05, 3.63) is 36.2 Å². The zero-order chi connectivity index (χ0) is 18.7. The summed E-state index contributed by atoms with van der Waals surface area (Å²) in [4.78, 5) is 9.95. The standard InChI is InChI=1S/C16H17N3OS.C3H8O2/c20-9-11-3-4-12(6-11)19-8-14(15-2-1-5-21-15)13-7-17-10-18-16(13)19;1-3(2,4)5/h1-2,5,7-8,10-12,20H,3-4,6,9H2;4-5H,1-2H3/t11-,12+;/m1./s1. The van der Waals surface area contributed by atoms with E-state index in [1.165, 1.54) is 24.3 Å². The van der Waals surface area contributed by atoms with Gasteiger partial charge in [0.2, 0.25) is 0 Å². The Hall–Kier alpha value is -1.80. The average molecular weight is 375 g/mol. The van der Waals surface area contributed by atoms with Gasteiger partial charge in [0, 0.05) is 40.9 Å². The lowest BCUT2D eigenvalue weighted by Crippen LogP contribution is -2.15. The Bertz CT molecular complexity index is 833. The molecule has 0 radical (unpaired) electrons. The fourth-order valence-electron chi connectivity index (χ4n) is 3.36. The van der Waals surface area contributed by atoms with Gasteiger partial charge in [0.25, 0.3) is 0 Å². The highest BCUT2D eigenvalue weighted by molar-refractivity contribution is 7.13. The molecule has 4 rings (SSSR count). The summed E-state index contributed by atoms with van der Waals surface area (Å²) in [6.45, 7) is 2.89. The molecular weight excluding hydrogens is 350 g/mol. The summed E-state index contributed by atoms with van der Waals surface area (Å²) < 4.78 is 2.29. The van der Waals surface area contributed by atoms with E-state index in [1.54, 1.807) is 17.7 Å². The van der Waals surface area contributed by atoms with Crippen LogP contribution in [0.15, 0.2) is 36.2 Å². The maximum absolute atomic E-state index is 9.37. The molecule has 0 aliphatic heterocycles. The van der Waals surface area contributed by atoms with Gasteiger partial charge in [-0.1, -0.05) is 6.07 Å². The van der Waals surface area contributed by atoms with Crippen molar-refractivity contribution < 1.29 is 15.3 Å². The van der Waals surface area contributed by atoms with E-state index in [2.05, 4.69) is 38.2 Å². The van der Waals surface area contributed by atoms with Gasteiger partial charge < -0.3 is 19.9 Å². The second kappa shape index (κ2) is 7.84. The smallest absolute Gasteiger partial charge is 0.156 e. The SMILES string of the molecule is CC(C)(O)O.OC[C@@H]1CC[C@H](n2cc(-c3cccs3)c3cncnc32)C1. The summed E-state index contributed by atoms with van der Waals surface area (Å²) in [5.41, 5.74) is 2.23. The summed E-state index contributed by atoms with van der Waals surface area (Å²) in [6, 6.07) is 4.65. The van der Waals surface area contributed by atoms with E-state index in [0.29, 0.717) is 18.6 Å². The van der Waals surface area contributed by atoms with Crippen LogP contribution in [0.1, 0.15) is 39.2 Å². The van der Waals surface area contributed by atoms with E-state index in [0.717, 1.165) is 30.3 Å². The van der Waals surface area contributed by atoms with Crippen molar-refractivity contribution in [1.82, 2.24) is 14.5 Å². The third-order valence-electron chi connectivity index (χ3n) is 4.45. The quantitative estimate of drug-likeness (QED) is 0.612. The number of aliphatic hydroxyl groups is 3. The summed E-state index contributed by atoms with van der Waals surface area (Å²) >= 11 is 1.74. The van der Waals surface area contributed by atoms with Crippen LogP contribution in [-0.4, -0.2) is 42.2 Å². The second-order valence-electron chi connectivity index (χ2n) is 7.20. The molecule has 26 heavy (non-hydrogen) atoms. The monoisotopic (exact) mass is 375 g/mol. The first-order valence-corrected chi connectivity index (χ1v) is 9.65. The highest BCUT2D eigenvalue weighted by Gasteiger charge is 2.27. The molecular formula is C19H25N3O3S. The van der Waals surface area contributed by atoms with Crippen LogP contribution in [0.3, 0.4) is 0 Å². The molecule has 3 N–H and O–H groups in total. The number of hydrogen-bond donors (Lipinski definition) is 3. The molecule has 2 atom stereocenters. The number of aliphatic hydroxyl groups excluding tert-OH is 1. The molecule has 6 nitrogen and oxygen atoms in total. The Morgan fingerprint density at radius 1 is 1.31 bits per heavy atom. The lowest BCUT2D eigenvalue weighted by Gasteiger charge is -2.13. The predicted octanol–water partition coefficient (Wildman–Crippen LogP) is 3.20. The number of rotatable bonds is 3. The van der Waals surface area contributed by atoms with E-state index in [1.807, 2.05) is 6.20 Å². The highest BCUT2D eigenvalue weighted by Crippen LogP contribution is 2.39. The number of thiophene rings is 1. The van der Waals surface area contributed by atoms with Crippen molar-refractivity contribution in [3.8, 4) is 10.4 Å². The fraction of sp³-hybridized carbons (Fsp3) is 0.474. The Morgan fingerprint density at radius 3 is 2.69 bits per heavy atom. The van der Waals surface area contributed by atoms with Crippen LogP contribution in [0, 0.1) is 5.92 Å². The van der Waals surface area contributed by atoms with Gasteiger partial charge in [-0.15, -0.1) is 11.3 Å². The van der Waals surface area contributed by atoms with Gasteiger partial charge in [0.15, 0.2) is 5.79 Å². The van der Waals surface area contributed by atoms with Gasteiger partial charge in [0.05, 0.1) is 0 Å². The first-order valence-electron chi connectivity index (χ1n) is 8.77. The molecule has 0 saturated heterocycles. The summed E-state index contributed by atoms with van der Waals surface area (Å²) in [5, 5.41) is 28.7. The molecule has 0 spiro atoms. The molecule has 0 bridgehead atoms. The highest BCUT2D eigenvalue weighted by atomic mass is 32.1. The van der Waals surface area contributed by atoms with E-state index in [4.69, 9.17) is 10.2 Å². The van der Waals surface area contributed by atoms with E-state index in [-0.39, 0.29) is 0 Å². The molecule has 1 fully saturated rings. The second-order valence-corrected chi connectivity index (χ2v) is 8.14. The molecule has 1 saturated carbocycles. The molecule has 3 heterocycles. The Morgan fingerprint density at radius 2 is 2.08 bits per heavy atom. The molecule has 140 valence electrons. The van der Waals surface area contributed by atoms with Crippen molar-refractivity contribution in [1.29, 1.82) is 0 Å². The fourth-order valence-corrected chi connectivity index (χ4v) is 4.11. The van der Waals surface area contributed by atoms with Crippen molar-refractivity contribution >= 4 is 22.4 Å². The predicted molar refractivity (Wildman–Crippen MR) is 103 cm³/mol. The van der Waals surface area contributed by atoms with Gasteiger partial charge in [0.1, 0.15) is 12.0 Å². The van der Waals surface area contributed by atoms with Gasteiger partial charge in [-0.3, -0.25) is 0 Å². The summed E-state index contributed by atoms with van der Waals surface area (Å²) in [7, 11) is 0. The molecule has 0 aromatic carbocycles. The first-order chi connectivity index (χ1) is 12.4.